The van der Waals surface area contributed by atoms with E-state index in [-0.39, 0.29) is 17.8 Å². The zero-order chi connectivity index (χ0) is 19.5. The number of fused-ring (bicyclic) bond motifs is 1. The number of rotatable bonds is 5. The number of benzene rings is 2. The molecule has 6 nitrogen and oxygen atoms in total. The highest BCUT2D eigenvalue weighted by Crippen LogP contribution is 2.18. The van der Waals surface area contributed by atoms with Gasteiger partial charge in [-0.1, -0.05) is 36.4 Å². The number of carbonyl (C=O) groups excluding carboxylic acids is 1. The topological polar surface area (TPSA) is 63.1 Å². The van der Waals surface area contributed by atoms with Gasteiger partial charge in [-0.25, -0.2) is 4.39 Å². The van der Waals surface area contributed by atoms with Gasteiger partial charge in [0.25, 0.3) is 0 Å². The first-order chi connectivity index (χ1) is 13.6. The minimum Gasteiger partial charge on any atom is -0.325 e. The third-order valence-corrected chi connectivity index (χ3v) is 5.08. The van der Waals surface area contributed by atoms with Crippen LogP contribution in [0.3, 0.4) is 0 Å². The summed E-state index contributed by atoms with van der Waals surface area (Å²) in [6.07, 6.45) is 0.740. The van der Waals surface area contributed by atoms with Gasteiger partial charge in [0.15, 0.2) is 0 Å². The Morgan fingerprint density at radius 2 is 1.96 bits per heavy atom. The van der Waals surface area contributed by atoms with Crippen LogP contribution < -0.4 is 5.32 Å². The van der Waals surface area contributed by atoms with Gasteiger partial charge in [0.1, 0.15) is 17.5 Å². The Hall–Kier alpha value is -3.06. The van der Waals surface area contributed by atoms with E-state index in [1.807, 2.05) is 25.1 Å². The molecule has 2 heterocycles. The molecular weight excluding hydrogens is 357 g/mol. The Labute approximate surface area is 163 Å². The van der Waals surface area contributed by atoms with E-state index in [1.54, 1.807) is 12.1 Å². The molecule has 4 rings (SSSR count). The standard InChI is InChI=1S/C21H22FN5O/c1-15(21(28)23-18-9-5-8-17(22)13-18)26-10-11-27-19(24-25-20(27)14-26)12-16-6-3-2-4-7-16/h2-9,13,15H,10-12,14H2,1H3,(H,23,28). The minimum absolute atomic E-state index is 0.164. The van der Waals surface area contributed by atoms with Gasteiger partial charge in [0, 0.05) is 25.2 Å². The normalized spacial score (nSPS) is 15.1. The summed E-state index contributed by atoms with van der Waals surface area (Å²) in [4.78, 5) is 14.6. The van der Waals surface area contributed by atoms with E-state index in [0.717, 1.165) is 31.2 Å². The molecule has 1 amide bonds. The van der Waals surface area contributed by atoms with Crippen LogP contribution in [0.15, 0.2) is 54.6 Å². The smallest absolute Gasteiger partial charge is 0.241 e. The van der Waals surface area contributed by atoms with E-state index in [1.165, 1.54) is 17.7 Å². The fraction of sp³-hybridized carbons (Fsp3) is 0.286. The van der Waals surface area contributed by atoms with Crippen molar-refractivity contribution >= 4 is 11.6 Å². The average Bonchev–Trinajstić information content (AvgIpc) is 3.10. The van der Waals surface area contributed by atoms with E-state index in [4.69, 9.17) is 0 Å². The van der Waals surface area contributed by atoms with Crippen molar-refractivity contribution in [2.75, 3.05) is 11.9 Å². The molecule has 0 aliphatic carbocycles. The Bertz CT molecular complexity index is 972. The fourth-order valence-corrected chi connectivity index (χ4v) is 3.46. The molecule has 7 heteroatoms. The van der Waals surface area contributed by atoms with Crippen LogP contribution in [0, 0.1) is 5.82 Å². The Balaban J connectivity index is 1.41. The van der Waals surface area contributed by atoms with Crippen LogP contribution in [-0.2, 0) is 24.3 Å². The number of anilines is 1. The van der Waals surface area contributed by atoms with E-state index < -0.39 is 0 Å². The monoisotopic (exact) mass is 379 g/mol. The summed E-state index contributed by atoms with van der Waals surface area (Å²) >= 11 is 0. The van der Waals surface area contributed by atoms with Gasteiger partial charge in [-0.2, -0.15) is 0 Å². The van der Waals surface area contributed by atoms with Crippen molar-refractivity contribution in [3.63, 3.8) is 0 Å². The van der Waals surface area contributed by atoms with Crippen LogP contribution in [0.4, 0.5) is 10.1 Å². The molecule has 1 aliphatic rings. The van der Waals surface area contributed by atoms with E-state index in [0.29, 0.717) is 12.2 Å². The maximum absolute atomic E-state index is 13.3. The highest BCUT2D eigenvalue weighted by Gasteiger charge is 2.28. The number of nitrogens with zero attached hydrogens (tertiary/aromatic N) is 4. The van der Waals surface area contributed by atoms with E-state index in [2.05, 4.69) is 37.1 Å². The molecule has 144 valence electrons. The predicted molar refractivity (Wildman–Crippen MR) is 104 cm³/mol. The number of hydrogen-bond acceptors (Lipinski definition) is 4. The van der Waals surface area contributed by atoms with Crippen LogP contribution >= 0.6 is 0 Å². The Morgan fingerprint density at radius 1 is 1.14 bits per heavy atom. The lowest BCUT2D eigenvalue weighted by Crippen LogP contribution is -2.46. The lowest BCUT2D eigenvalue weighted by molar-refractivity contribution is -0.121. The number of carbonyl (C=O) groups is 1. The van der Waals surface area contributed by atoms with E-state index in [9.17, 15) is 9.18 Å². The highest BCUT2D eigenvalue weighted by molar-refractivity contribution is 5.94. The summed E-state index contributed by atoms with van der Waals surface area (Å²) in [5.41, 5.74) is 1.66. The third kappa shape index (κ3) is 3.94. The highest BCUT2D eigenvalue weighted by atomic mass is 19.1. The molecule has 0 saturated carbocycles. The summed E-state index contributed by atoms with van der Waals surface area (Å²) in [6.45, 7) is 3.87. The van der Waals surface area contributed by atoms with Gasteiger partial charge < -0.3 is 9.88 Å². The lowest BCUT2D eigenvalue weighted by Gasteiger charge is -2.32. The number of nitrogens with one attached hydrogen (secondary N) is 1. The van der Waals surface area contributed by atoms with Crippen molar-refractivity contribution in [1.82, 2.24) is 19.7 Å². The molecule has 0 saturated heterocycles. The van der Waals surface area contributed by atoms with Crippen LogP contribution in [0.2, 0.25) is 0 Å². The summed E-state index contributed by atoms with van der Waals surface area (Å²) in [5.74, 6) is 1.27. The molecule has 0 bridgehead atoms. The zero-order valence-corrected chi connectivity index (χ0v) is 15.7. The summed E-state index contributed by atoms with van der Waals surface area (Å²) in [7, 11) is 0. The maximum Gasteiger partial charge on any atom is 0.241 e. The lowest BCUT2D eigenvalue weighted by atomic mass is 10.1. The van der Waals surface area contributed by atoms with Gasteiger partial charge in [-0.05, 0) is 30.7 Å². The largest absolute Gasteiger partial charge is 0.325 e. The molecule has 28 heavy (non-hydrogen) atoms. The first-order valence-electron chi connectivity index (χ1n) is 9.35. The molecule has 1 atom stereocenters. The van der Waals surface area contributed by atoms with Gasteiger partial charge in [-0.3, -0.25) is 9.69 Å². The SMILES string of the molecule is CC(C(=O)Nc1cccc(F)c1)N1CCn2c(Cc3ccccc3)nnc2C1. The van der Waals surface area contributed by atoms with Gasteiger partial charge in [0.05, 0.1) is 12.6 Å². The molecule has 2 aromatic carbocycles. The average molecular weight is 379 g/mol. The van der Waals surface area contributed by atoms with Crippen LogP contribution in [0.25, 0.3) is 0 Å². The molecular formula is C21H22FN5O. The second kappa shape index (κ2) is 7.90. The molecule has 1 N–H and O–H groups in total. The van der Waals surface area contributed by atoms with Gasteiger partial charge in [-0.15, -0.1) is 10.2 Å². The quantitative estimate of drug-likeness (QED) is 0.741. The summed E-state index contributed by atoms with van der Waals surface area (Å²) in [5, 5.41) is 11.5. The molecule has 0 radical (unpaired) electrons. The minimum atomic E-state index is -0.373. The Kier molecular flexibility index (Phi) is 5.16. The third-order valence-electron chi connectivity index (χ3n) is 5.08. The first kappa shape index (κ1) is 18.3. The molecule has 1 aliphatic heterocycles. The second-order valence-electron chi connectivity index (χ2n) is 6.99. The van der Waals surface area contributed by atoms with Crippen molar-refractivity contribution in [3.05, 3.63) is 77.6 Å². The molecule has 0 fully saturated rings. The van der Waals surface area contributed by atoms with Crippen molar-refractivity contribution in [2.45, 2.75) is 32.5 Å². The molecule has 1 unspecified atom stereocenters. The van der Waals surface area contributed by atoms with Crippen LogP contribution in [-0.4, -0.2) is 38.2 Å². The number of hydrogen-bond donors (Lipinski definition) is 1. The van der Waals surface area contributed by atoms with Crippen molar-refractivity contribution in [3.8, 4) is 0 Å². The number of amides is 1. The molecule has 1 aromatic heterocycles. The van der Waals surface area contributed by atoms with Gasteiger partial charge in [0.2, 0.25) is 5.91 Å². The van der Waals surface area contributed by atoms with E-state index >= 15 is 0 Å². The second-order valence-corrected chi connectivity index (χ2v) is 6.99. The van der Waals surface area contributed by atoms with Crippen molar-refractivity contribution < 1.29 is 9.18 Å². The predicted octanol–water partition coefficient (Wildman–Crippen LogP) is 2.85. The number of aromatic nitrogens is 3. The summed E-state index contributed by atoms with van der Waals surface area (Å²) in [6, 6.07) is 15.8. The van der Waals surface area contributed by atoms with Crippen LogP contribution in [0.1, 0.15) is 24.1 Å². The van der Waals surface area contributed by atoms with Crippen LogP contribution in [0.5, 0.6) is 0 Å². The fourth-order valence-electron chi connectivity index (χ4n) is 3.46. The number of halogens is 1. The maximum atomic E-state index is 13.3. The Morgan fingerprint density at radius 3 is 2.75 bits per heavy atom. The molecule has 3 aromatic rings. The zero-order valence-electron chi connectivity index (χ0n) is 15.7. The van der Waals surface area contributed by atoms with Gasteiger partial charge >= 0.3 is 0 Å². The first-order valence-corrected chi connectivity index (χ1v) is 9.35. The summed E-state index contributed by atoms with van der Waals surface area (Å²) < 4.78 is 15.5. The molecule has 0 spiro atoms. The van der Waals surface area contributed by atoms with Crippen molar-refractivity contribution in [1.29, 1.82) is 0 Å². The van der Waals surface area contributed by atoms with Crippen molar-refractivity contribution in [2.24, 2.45) is 0 Å².